The largest absolute Gasteiger partial charge is 0.359 e. The van der Waals surface area contributed by atoms with Crippen molar-refractivity contribution in [1.29, 1.82) is 0 Å². The van der Waals surface area contributed by atoms with Gasteiger partial charge in [-0.2, -0.15) is 0 Å². The summed E-state index contributed by atoms with van der Waals surface area (Å²) in [5.74, 6) is 0.151. The van der Waals surface area contributed by atoms with Crippen molar-refractivity contribution >= 4 is 5.91 Å². The van der Waals surface area contributed by atoms with Gasteiger partial charge >= 0.3 is 0 Å². The Hall–Kier alpha value is -0.610. The van der Waals surface area contributed by atoms with Crippen LogP contribution in [0, 0.1) is 0 Å². The summed E-state index contributed by atoms with van der Waals surface area (Å²) in [4.78, 5) is 11.0. The molecule has 0 rings (SSSR count). The van der Waals surface area contributed by atoms with E-state index < -0.39 is 0 Å². The van der Waals surface area contributed by atoms with Gasteiger partial charge in [-0.15, -0.1) is 0 Å². The normalized spacial score (nSPS) is 12.4. The molecule has 0 spiro atoms. The zero-order valence-corrected chi connectivity index (χ0v) is 10.9. The van der Waals surface area contributed by atoms with E-state index in [0.717, 1.165) is 25.9 Å². The third-order valence-electron chi connectivity index (χ3n) is 2.78. The molecular weight excluding hydrogens is 202 g/mol. The summed E-state index contributed by atoms with van der Waals surface area (Å²) in [6.07, 6.45) is 5.16. The molecule has 4 heteroatoms. The maximum Gasteiger partial charge on any atom is 0.219 e. The zero-order chi connectivity index (χ0) is 12.2. The number of amides is 1. The fraction of sp³-hybridized carbons (Fsp3) is 0.917. The first kappa shape index (κ1) is 15.4. The van der Waals surface area contributed by atoms with E-state index in [-0.39, 0.29) is 5.91 Å². The number of hydrogen-bond acceptors (Lipinski definition) is 3. The Morgan fingerprint density at radius 1 is 1.19 bits per heavy atom. The van der Waals surface area contributed by atoms with E-state index in [1.807, 2.05) is 7.05 Å². The van der Waals surface area contributed by atoms with Crippen LogP contribution in [0.15, 0.2) is 0 Å². The van der Waals surface area contributed by atoms with Crippen molar-refractivity contribution in [3.8, 4) is 0 Å². The summed E-state index contributed by atoms with van der Waals surface area (Å²) in [6, 6.07) is 0.556. The maximum atomic E-state index is 11.0. The Balaban J connectivity index is 3.37. The number of nitrogens with one attached hydrogen (secondary N) is 3. The molecule has 0 heterocycles. The van der Waals surface area contributed by atoms with Gasteiger partial charge in [0, 0.05) is 26.1 Å². The molecular formula is C12H27N3O. The molecule has 0 aromatic heterocycles. The van der Waals surface area contributed by atoms with Crippen LogP contribution in [0.2, 0.25) is 0 Å². The van der Waals surface area contributed by atoms with E-state index in [9.17, 15) is 4.79 Å². The van der Waals surface area contributed by atoms with Crippen molar-refractivity contribution in [3.05, 3.63) is 0 Å². The molecule has 0 aromatic rings. The standard InChI is InChI=1S/C12H27N3O/c1-4-15-10-11(13-2)8-6-5-7-9-12(16)14-3/h11,13,15H,4-10H2,1-3H3,(H,14,16). The zero-order valence-electron chi connectivity index (χ0n) is 10.9. The summed E-state index contributed by atoms with van der Waals surface area (Å²) in [5.41, 5.74) is 0. The minimum Gasteiger partial charge on any atom is -0.359 e. The van der Waals surface area contributed by atoms with Gasteiger partial charge in [-0.1, -0.05) is 19.8 Å². The highest BCUT2D eigenvalue weighted by atomic mass is 16.1. The average molecular weight is 229 g/mol. The fourth-order valence-electron chi connectivity index (χ4n) is 1.65. The van der Waals surface area contributed by atoms with Crippen molar-refractivity contribution in [1.82, 2.24) is 16.0 Å². The molecule has 0 bridgehead atoms. The van der Waals surface area contributed by atoms with Gasteiger partial charge in [-0.25, -0.2) is 0 Å². The SMILES string of the molecule is CCNCC(CCCCCC(=O)NC)NC. The minimum atomic E-state index is 0.151. The average Bonchev–Trinajstić information content (AvgIpc) is 2.32. The van der Waals surface area contributed by atoms with Crippen LogP contribution in [0.3, 0.4) is 0 Å². The number of rotatable bonds is 10. The smallest absolute Gasteiger partial charge is 0.219 e. The Labute approximate surface area is 99.6 Å². The quantitative estimate of drug-likeness (QED) is 0.487. The van der Waals surface area contributed by atoms with E-state index in [1.54, 1.807) is 7.05 Å². The molecule has 0 aromatic carbocycles. The predicted octanol–water partition coefficient (Wildman–Crippen LogP) is 0.880. The van der Waals surface area contributed by atoms with E-state index in [0.29, 0.717) is 12.5 Å². The molecule has 0 fully saturated rings. The Kier molecular flexibility index (Phi) is 10.5. The lowest BCUT2D eigenvalue weighted by Crippen LogP contribution is -2.36. The van der Waals surface area contributed by atoms with Crippen LogP contribution in [0.1, 0.15) is 39.0 Å². The predicted molar refractivity (Wildman–Crippen MR) is 68.5 cm³/mol. The number of unbranched alkanes of at least 4 members (excludes halogenated alkanes) is 2. The highest BCUT2D eigenvalue weighted by molar-refractivity contribution is 5.75. The van der Waals surface area contributed by atoms with Gasteiger partial charge in [0.15, 0.2) is 0 Å². The first-order valence-corrected chi connectivity index (χ1v) is 6.33. The highest BCUT2D eigenvalue weighted by Gasteiger charge is 2.04. The van der Waals surface area contributed by atoms with Crippen LogP contribution in [0.4, 0.5) is 0 Å². The van der Waals surface area contributed by atoms with Crippen LogP contribution in [0.25, 0.3) is 0 Å². The fourth-order valence-corrected chi connectivity index (χ4v) is 1.65. The van der Waals surface area contributed by atoms with Gasteiger partial charge in [0.2, 0.25) is 5.91 Å². The molecule has 96 valence electrons. The molecule has 1 atom stereocenters. The molecule has 0 aliphatic heterocycles. The highest BCUT2D eigenvalue weighted by Crippen LogP contribution is 2.05. The lowest BCUT2D eigenvalue weighted by molar-refractivity contribution is -0.120. The van der Waals surface area contributed by atoms with E-state index in [4.69, 9.17) is 0 Å². The van der Waals surface area contributed by atoms with Crippen molar-refractivity contribution < 1.29 is 4.79 Å². The first-order valence-electron chi connectivity index (χ1n) is 6.33. The van der Waals surface area contributed by atoms with Gasteiger partial charge in [-0.05, 0) is 26.4 Å². The van der Waals surface area contributed by atoms with Gasteiger partial charge in [-0.3, -0.25) is 4.79 Å². The van der Waals surface area contributed by atoms with Crippen molar-refractivity contribution in [2.24, 2.45) is 0 Å². The van der Waals surface area contributed by atoms with Crippen molar-refractivity contribution in [3.63, 3.8) is 0 Å². The van der Waals surface area contributed by atoms with Crippen LogP contribution in [-0.2, 0) is 4.79 Å². The third kappa shape index (κ3) is 8.68. The summed E-state index contributed by atoms with van der Waals surface area (Å²) in [7, 11) is 3.70. The molecule has 1 amide bonds. The van der Waals surface area contributed by atoms with Crippen LogP contribution >= 0.6 is 0 Å². The molecule has 0 saturated carbocycles. The van der Waals surface area contributed by atoms with Gasteiger partial charge < -0.3 is 16.0 Å². The summed E-state index contributed by atoms with van der Waals surface area (Å²) < 4.78 is 0. The molecule has 0 saturated heterocycles. The molecule has 0 aliphatic rings. The second-order valence-corrected chi connectivity index (χ2v) is 4.07. The van der Waals surface area contributed by atoms with Gasteiger partial charge in [0.05, 0.1) is 0 Å². The van der Waals surface area contributed by atoms with E-state index in [1.165, 1.54) is 12.8 Å². The summed E-state index contributed by atoms with van der Waals surface area (Å²) in [5, 5.41) is 9.29. The first-order chi connectivity index (χ1) is 7.74. The van der Waals surface area contributed by atoms with E-state index >= 15 is 0 Å². The molecule has 16 heavy (non-hydrogen) atoms. The van der Waals surface area contributed by atoms with E-state index in [2.05, 4.69) is 22.9 Å². The summed E-state index contributed by atoms with van der Waals surface area (Å²) in [6.45, 7) is 4.17. The topological polar surface area (TPSA) is 53.2 Å². The Morgan fingerprint density at radius 3 is 2.50 bits per heavy atom. The second kappa shape index (κ2) is 10.9. The number of carbonyl (C=O) groups is 1. The Morgan fingerprint density at radius 2 is 1.94 bits per heavy atom. The van der Waals surface area contributed by atoms with Crippen molar-refractivity contribution in [2.45, 2.75) is 45.1 Å². The molecule has 1 unspecified atom stereocenters. The molecule has 3 N–H and O–H groups in total. The maximum absolute atomic E-state index is 11.0. The lowest BCUT2D eigenvalue weighted by atomic mass is 10.1. The van der Waals surface area contributed by atoms with Crippen LogP contribution < -0.4 is 16.0 Å². The lowest BCUT2D eigenvalue weighted by Gasteiger charge is -2.16. The molecule has 0 radical (unpaired) electrons. The number of likely N-dealkylation sites (N-methyl/N-ethyl adjacent to an activating group) is 2. The van der Waals surface area contributed by atoms with Crippen molar-refractivity contribution in [2.75, 3.05) is 27.2 Å². The minimum absolute atomic E-state index is 0.151. The van der Waals surface area contributed by atoms with Gasteiger partial charge in [0.25, 0.3) is 0 Å². The van der Waals surface area contributed by atoms with Crippen LogP contribution in [0.5, 0.6) is 0 Å². The molecule has 4 nitrogen and oxygen atoms in total. The molecule has 0 aliphatic carbocycles. The second-order valence-electron chi connectivity index (χ2n) is 4.07. The third-order valence-corrected chi connectivity index (χ3v) is 2.78. The number of carbonyl (C=O) groups excluding carboxylic acids is 1. The number of hydrogen-bond donors (Lipinski definition) is 3. The monoisotopic (exact) mass is 229 g/mol. The Bertz CT molecular complexity index is 174. The van der Waals surface area contributed by atoms with Gasteiger partial charge in [0.1, 0.15) is 0 Å². The van der Waals surface area contributed by atoms with Crippen LogP contribution in [-0.4, -0.2) is 39.1 Å². The summed E-state index contributed by atoms with van der Waals surface area (Å²) >= 11 is 0.